The zero-order valence-electron chi connectivity index (χ0n) is 12.3. The largest absolute Gasteiger partial charge is 0.294 e. The van der Waals surface area contributed by atoms with Crippen LogP contribution in [0.25, 0.3) is 0 Å². The van der Waals surface area contributed by atoms with Crippen LogP contribution in [0.3, 0.4) is 0 Å². The molecule has 0 N–H and O–H groups in total. The second kappa shape index (κ2) is 6.55. The maximum atomic E-state index is 5.84. The van der Waals surface area contributed by atoms with Gasteiger partial charge < -0.3 is 0 Å². The van der Waals surface area contributed by atoms with E-state index >= 15 is 0 Å². The minimum absolute atomic E-state index is 0.159. The minimum atomic E-state index is 0.159. The summed E-state index contributed by atoms with van der Waals surface area (Å²) >= 11 is 7.64. The van der Waals surface area contributed by atoms with Crippen LogP contribution in [0.1, 0.15) is 57.2 Å². The Labute approximate surface area is 126 Å². The molecule has 4 heteroatoms. The van der Waals surface area contributed by atoms with E-state index in [0.29, 0.717) is 0 Å². The Kier molecular flexibility index (Phi) is 5.27. The minimum Gasteiger partial charge on any atom is -0.294 e. The number of aromatic nitrogens is 1. The predicted molar refractivity (Wildman–Crippen MR) is 84.2 cm³/mol. The van der Waals surface area contributed by atoms with E-state index in [1.807, 2.05) is 0 Å². The van der Waals surface area contributed by atoms with Gasteiger partial charge in [0.15, 0.2) is 0 Å². The van der Waals surface area contributed by atoms with Crippen LogP contribution < -0.4 is 0 Å². The van der Waals surface area contributed by atoms with E-state index in [0.717, 1.165) is 31.4 Å². The molecule has 0 atom stereocenters. The lowest BCUT2D eigenvalue weighted by molar-refractivity contribution is 0.119. The molecular weight excluding hydrogens is 276 g/mol. The molecule has 1 heterocycles. The highest BCUT2D eigenvalue weighted by atomic mass is 35.5. The summed E-state index contributed by atoms with van der Waals surface area (Å²) in [5.41, 5.74) is 1.38. The van der Waals surface area contributed by atoms with Gasteiger partial charge in [0.1, 0.15) is 5.01 Å². The highest BCUT2D eigenvalue weighted by molar-refractivity contribution is 7.09. The smallest absolute Gasteiger partial charge is 0.107 e. The van der Waals surface area contributed by atoms with Crippen LogP contribution in [-0.4, -0.2) is 28.4 Å². The molecule has 0 aromatic carbocycles. The first-order valence-corrected chi connectivity index (χ1v) is 8.67. The van der Waals surface area contributed by atoms with Crippen molar-refractivity contribution in [1.82, 2.24) is 9.88 Å². The molecule has 1 aromatic heterocycles. The molecule has 2 rings (SSSR count). The lowest BCUT2D eigenvalue weighted by Gasteiger charge is -2.37. The summed E-state index contributed by atoms with van der Waals surface area (Å²) in [6.07, 6.45) is 5.16. The van der Waals surface area contributed by atoms with Gasteiger partial charge in [0, 0.05) is 29.3 Å². The molecule has 1 aliphatic rings. The Balaban J connectivity index is 1.97. The molecule has 0 radical (unpaired) electrons. The topological polar surface area (TPSA) is 16.1 Å². The third-order valence-electron chi connectivity index (χ3n) is 3.83. The molecule has 0 spiro atoms. The monoisotopic (exact) mass is 300 g/mol. The number of halogens is 1. The quantitative estimate of drug-likeness (QED) is 0.723. The van der Waals surface area contributed by atoms with Gasteiger partial charge in [0.25, 0.3) is 0 Å². The van der Waals surface area contributed by atoms with E-state index in [-0.39, 0.29) is 5.41 Å². The molecular formula is C15H25ClN2S. The van der Waals surface area contributed by atoms with Crippen LogP contribution >= 0.6 is 22.9 Å². The normalized spacial score (nSPS) is 16.9. The van der Waals surface area contributed by atoms with Gasteiger partial charge in [-0.2, -0.15) is 0 Å². The summed E-state index contributed by atoms with van der Waals surface area (Å²) in [6.45, 7) is 8.79. The maximum Gasteiger partial charge on any atom is 0.107 e. The van der Waals surface area contributed by atoms with E-state index in [4.69, 9.17) is 16.6 Å². The number of rotatable bonds is 6. The highest BCUT2D eigenvalue weighted by Crippen LogP contribution is 2.29. The van der Waals surface area contributed by atoms with Crippen molar-refractivity contribution in [2.75, 3.05) is 12.4 Å². The van der Waals surface area contributed by atoms with Crippen molar-refractivity contribution >= 4 is 22.9 Å². The zero-order valence-corrected chi connectivity index (χ0v) is 13.9. The van der Waals surface area contributed by atoms with Gasteiger partial charge in [-0.3, -0.25) is 4.90 Å². The van der Waals surface area contributed by atoms with Gasteiger partial charge >= 0.3 is 0 Å². The van der Waals surface area contributed by atoms with Crippen LogP contribution in [0.5, 0.6) is 0 Å². The van der Waals surface area contributed by atoms with Crippen molar-refractivity contribution in [2.45, 2.75) is 64.5 Å². The predicted octanol–water partition coefficient (Wildman–Crippen LogP) is 4.42. The summed E-state index contributed by atoms with van der Waals surface area (Å²) in [5.74, 6) is 0.758. The SMILES string of the molecule is CC(C)(C)c1csc(CN(CCCCl)C2CCC2)n1. The summed E-state index contributed by atoms with van der Waals surface area (Å²) < 4.78 is 0. The van der Waals surface area contributed by atoms with Crippen molar-refractivity contribution in [3.8, 4) is 0 Å². The van der Waals surface area contributed by atoms with Crippen molar-refractivity contribution in [3.05, 3.63) is 16.1 Å². The Bertz CT molecular complexity index is 393. The van der Waals surface area contributed by atoms with Gasteiger partial charge in [0.05, 0.1) is 12.2 Å². The molecule has 0 saturated heterocycles. The molecule has 1 saturated carbocycles. The number of hydrogen-bond donors (Lipinski definition) is 0. The van der Waals surface area contributed by atoms with Crippen molar-refractivity contribution < 1.29 is 0 Å². The lowest BCUT2D eigenvalue weighted by atomic mass is 9.91. The van der Waals surface area contributed by atoms with Gasteiger partial charge in [-0.25, -0.2) is 4.98 Å². The van der Waals surface area contributed by atoms with E-state index in [1.165, 1.54) is 30.0 Å². The van der Waals surface area contributed by atoms with Crippen molar-refractivity contribution in [3.63, 3.8) is 0 Å². The van der Waals surface area contributed by atoms with Crippen molar-refractivity contribution in [2.24, 2.45) is 0 Å². The average Bonchev–Trinajstić information content (AvgIpc) is 2.71. The Morgan fingerprint density at radius 1 is 1.42 bits per heavy atom. The first-order chi connectivity index (χ1) is 9.00. The van der Waals surface area contributed by atoms with E-state index in [9.17, 15) is 0 Å². The van der Waals surface area contributed by atoms with Crippen LogP contribution in [0.2, 0.25) is 0 Å². The molecule has 1 aliphatic carbocycles. The second-order valence-electron chi connectivity index (χ2n) is 6.47. The van der Waals surface area contributed by atoms with Gasteiger partial charge in [-0.05, 0) is 19.3 Å². The number of alkyl halides is 1. The van der Waals surface area contributed by atoms with Gasteiger partial charge in [0.2, 0.25) is 0 Å². The molecule has 0 unspecified atom stereocenters. The average molecular weight is 301 g/mol. The molecule has 1 aromatic rings. The first-order valence-electron chi connectivity index (χ1n) is 7.25. The number of hydrogen-bond acceptors (Lipinski definition) is 3. The fourth-order valence-corrected chi connectivity index (χ4v) is 3.47. The summed E-state index contributed by atoms with van der Waals surface area (Å²) in [7, 11) is 0. The molecule has 0 amide bonds. The second-order valence-corrected chi connectivity index (χ2v) is 7.79. The fourth-order valence-electron chi connectivity index (χ4n) is 2.31. The first kappa shape index (κ1) is 15.3. The van der Waals surface area contributed by atoms with E-state index < -0.39 is 0 Å². The van der Waals surface area contributed by atoms with Gasteiger partial charge in [-0.15, -0.1) is 22.9 Å². The third-order valence-corrected chi connectivity index (χ3v) is 4.93. The maximum absolute atomic E-state index is 5.84. The van der Waals surface area contributed by atoms with E-state index in [1.54, 1.807) is 11.3 Å². The lowest BCUT2D eigenvalue weighted by Crippen LogP contribution is -2.40. The fraction of sp³-hybridized carbons (Fsp3) is 0.800. The van der Waals surface area contributed by atoms with Gasteiger partial charge in [-0.1, -0.05) is 27.2 Å². The Hall–Kier alpha value is -0.120. The van der Waals surface area contributed by atoms with Crippen LogP contribution in [0.15, 0.2) is 5.38 Å². The molecule has 0 bridgehead atoms. The summed E-state index contributed by atoms with van der Waals surface area (Å²) in [6, 6.07) is 0.769. The number of thiazole rings is 1. The zero-order chi connectivity index (χ0) is 13.9. The molecule has 1 fully saturated rings. The summed E-state index contributed by atoms with van der Waals surface area (Å²) in [5, 5.41) is 3.47. The number of nitrogens with zero attached hydrogens (tertiary/aromatic N) is 2. The Morgan fingerprint density at radius 2 is 2.16 bits per heavy atom. The molecule has 0 aliphatic heterocycles. The van der Waals surface area contributed by atoms with Crippen molar-refractivity contribution in [1.29, 1.82) is 0 Å². The third kappa shape index (κ3) is 4.17. The molecule has 19 heavy (non-hydrogen) atoms. The molecule has 2 nitrogen and oxygen atoms in total. The highest BCUT2D eigenvalue weighted by Gasteiger charge is 2.26. The summed E-state index contributed by atoms with van der Waals surface area (Å²) in [4.78, 5) is 7.39. The van der Waals surface area contributed by atoms with E-state index in [2.05, 4.69) is 31.1 Å². The Morgan fingerprint density at radius 3 is 2.63 bits per heavy atom. The van der Waals surface area contributed by atoms with Crippen LogP contribution in [-0.2, 0) is 12.0 Å². The van der Waals surface area contributed by atoms with Crippen LogP contribution in [0.4, 0.5) is 0 Å². The van der Waals surface area contributed by atoms with Crippen LogP contribution in [0, 0.1) is 0 Å². The standard InChI is InChI=1S/C15H25ClN2S/c1-15(2,3)13-11-19-14(17-13)10-18(9-5-8-16)12-6-4-7-12/h11-12H,4-10H2,1-3H3. The molecule has 108 valence electrons.